The molecule has 0 radical (unpaired) electrons. The molecule has 1 aromatic rings. The first-order valence-corrected chi connectivity index (χ1v) is 7.25. The van der Waals surface area contributed by atoms with Crippen molar-refractivity contribution in [3.8, 4) is 0 Å². The Morgan fingerprint density at radius 3 is 2.68 bits per heavy atom. The smallest absolute Gasteiger partial charge is 0.342 e. The van der Waals surface area contributed by atoms with E-state index in [-0.39, 0.29) is 5.56 Å². The zero-order valence-corrected chi connectivity index (χ0v) is 12.4. The second-order valence-electron chi connectivity index (χ2n) is 4.78. The Morgan fingerprint density at radius 2 is 2.05 bits per heavy atom. The van der Waals surface area contributed by atoms with Crippen LogP contribution in [-0.2, 0) is 4.74 Å². The number of carbonyl (C=O) groups is 1. The van der Waals surface area contributed by atoms with Crippen LogP contribution in [0, 0.1) is 5.82 Å². The number of methoxy groups -OCH3 is 1. The SMILES string of the molecule is COC(=O)c1c(F)cc(Br)cc1NC1CCCCC1. The minimum Gasteiger partial charge on any atom is -0.465 e. The number of halogens is 2. The third-order valence-corrected chi connectivity index (χ3v) is 3.87. The summed E-state index contributed by atoms with van der Waals surface area (Å²) in [5.41, 5.74) is 0.488. The number of nitrogens with one attached hydrogen (secondary N) is 1. The largest absolute Gasteiger partial charge is 0.465 e. The molecule has 0 aromatic heterocycles. The zero-order chi connectivity index (χ0) is 13.8. The molecular formula is C14H17BrFNO2. The van der Waals surface area contributed by atoms with Crippen LogP contribution in [0.5, 0.6) is 0 Å². The van der Waals surface area contributed by atoms with Crippen molar-refractivity contribution >= 4 is 27.6 Å². The van der Waals surface area contributed by atoms with Gasteiger partial charge < -0.3 is 10.1 Å². The van der Waals surface area contributed by atoms with Gasteiger partial charge in [-0.3, -0.25) is 0 Å². The molecule has 0 bridgehead atoms. The highest BCUT2D eigenvalue weighted by Gasteiger charge is 2.21. The topological polar surface area (TPSA) is 38.3 Å². The van der Waals surface area contributed by atoms with Crippen molar-refractivity contribution in [3.63, 3.8) is 0 Å². The maximum absolute atomic E-state index is 13.9. The maximum atomic E-state index is 13.9. The summed E-state index contributed by atoms with van der Waals surface area (Å²) < 4.78 is 19.2. The van der Waals surface area contributed by atoms with Crippen LogP contribution in [0.3, 0.4) is 0 Å². The molecule has 0 heterocycles. The summed E-state index contributed by atoms with van der Waals surface area (Å²) in [6.45, 7) is 0. The Kier molecular flexibility index (Phi) is 4.80. The van der Waals surface area contributed by atoms with E-state index in [0.29, 0.717) is 16.2 Å². The fourth-order valence-electron chi connectivity index (χ4n) is 2.46. The van der Waals surface area contributed by atoms with Crippen LogP contribution in [0.4, 0.5) is 10.1 Å². The van der Waals surface area contributed by atoms with E-state index in [9.17, 15) is 9.18 Å². The minimum atomic E-state index is -0.650. The van der Waals surface area contributed by atoms with Gasteiger partial charge in [0, 0.05) is 10.5 Å². The molecule has 1 saturated carbocycles. The normalized spacial score (nSPS) is 16.2. The third kappa shape index (κ3) is 3.47. The van der Waals surface area contributed by atoms with E-state index in [1.165, 1.54) is 32.4 Å². The van der Waals surface area contributed by atoms with Crippen LogP contribution >= 0.6 is 15.9 Å². The van der Waals surface area contributed by atoms with Gasteiger partial charge in [0.15, 0.2) is 0 Å². The molecule has 0 atom stereocenters. The van der Waals surface area contributed by atoms with Crippen molar-refractivity contribution in [3.05, 3.63) is 28.0 Å². The molecule has 0 unspecified atom stereocenters. The van der Waals surface area contributed by atoms with E-state index in [1.807, 2.05) is 0 Å². The number of esters is 1. The van der Waals surface area contributed by atoms with Crippen LogP contribution in [0.25, 0.3) is 0 Å². The lowest BCUT2D eigenvalue weighted by Crippen LogP contribution is -2.24. The molecule has 0 saturated heterocycles. The molecule has 19 heavy (non-hydrogen) atoms. The van der Waals surface area contributed by atoms with Gasteiger partial charge in [-0.05, 0) is 25.0 Å². The van der Waals surface area contributed by atoms with Crippen molar-refractivity contribution in [1.29, 1.82) is 0 Å². The van der Waals surface area contributed by atoms with Crippen LogP contribution < -0.4 is 5.32 Å². The summed E-state index contributed by atoms with van der Waals surface area (Å²) in [5.74, 6) is -1.22. The molecule has 0 aliphatic heterocycles. The molecular weight excluding hydrogens is 313 g/mol. The highest BCUT2D eigenvalue weighted by molar-refractivity contribution is 9.10. The third-order valence-electron chi connectivity index (χ3n) is 3.41. The lowest BCUT2D eigenvalue weighted by atomic mass is 9.95. The lowest BCUT2D eigenvalue weighted by Gasteiger charge is -2.25. The summed E-state index contributed by atoms with van der Waals surface area (Å²) in [6.07, 6.45) is 5.68. The van der Waals surface area contributed by atoms with Crippen LogP contribution in [0.1, 0.15) is 42.5 Å². The average Bonchev–Trinajstić information content (AvgIpc) is 2.38. The fourth-order valence-corrected chi connectivity index (χ4v) is 2.89. The van der Waals surface area contributed by atoms with E-state index in [2.05, 4.69) is 26.0 Å². The van der Waals surface area contributed by atoms with E-state index < -0.39 is 11.8 Å². The number of ether oxygens (including phenoxy) is 1. The second-order valence-corrected chi connectivity index (χ2v) is 5.70. The molecule has 0 amide bonds. The molecule has 5 heteroatoms. The van der Waals surface area contributed by atoms with Crippen molar-refractivity contribution in [2.75, 3.05) is 12.4 Å². The molecule has 0 spiro atoms. The second kappa shape index (κ2) is 6.37. The number of rotatable bonds is 3. The standard InChI is InChI=1S/C14H17BrFNO2/c1-19-14(18)13-11(16)7-9(15)8-12(13)17-10-5-3-2-4-6-10/h7-8,10,17H,2-6H2,1H3. The predicted octanol–water partition coefficient (Wildman–Crippen LogP) is 4.12. The van der Waals surface area contributed by atoms with Crippen molar-refractivity contribution in [2.24, 2.45) is 0 Å². The molecule has 1 aliphatic rings. The van der Waals surface area contributed by atoms with Gasteiger partial charge in [-0.25, -0.2) is 9.18 Å². The number of benzene rings is 1. The van der Waals surface area contributed by atoms with Gasteiger partial charge in [0.05, 0.1) is 12.8 Å². The van der Waals surface area contributed by atoms with Gasteiger partial charge in [0.2, 0.25) is 0 Å². The molecule has 1 fully saturated rings. The first-order valence-electron chi connectivity index (χ1n) is 6.45. The minimum absolute atomic E-state index is 0.0173. The van der Waals surface area contributed by atoms with Crippen molar-refractivity contribution < 1.29 is 13.9 Å². The maximum Gasteiger partial charge on any atom is 0.342 e. The zero-order valence-electron chi connectivity index (χ0n) is 10.8. The fraction of sp³-hybridized carbons (Fsp3) is 0.500. The average molecular weight is 330 g/mol. The molecule has 1 aromatic carbocycles. The summed E-state index contributed by atoms with van der Waals surface area (Å²) >= 11 is 3.25. The molecule has 1 aliphatic carbocycles. The van der Waals surface area contributed by atoms with Crippen molar-refractivity contribution in [2.45, 2.75) is 38.1 Å². The Bertz CT molecular complexity index is 473. The van der Waals surface area contributed by atoms with Gasteiger partial charge in [0.25, 0.3) is 0 Å². The molecule has 1 N–H and O–H groups in total. The number of hydrogen-bond donors (Lipinski definition) is 1. The van der Waals surface area contributed by atoms with E-state index >= 15 is 0 Å². The Balaban J connectivity index is 2.28. The van der Waals surface area contributed by atoms with E-state index in [1.54, 1.807) is 6.07 Å². The Labute approximate surface area is 120 Å². The van der Waals surface area contributed by atoms with E-state index in [4.69, 9.17) is 0 Å². The summed E-state index contributed by atoms with van der Waals surface area (Å²) in [4.78, 5) is 11.7. The van der Waals surface area contributed by atoms with Crippen LogP contribution in [0.2, 0.25) is 0 Å². The first-order chi connectivity index (χ1) is 9.11. The van der Waals surface area contributed by atoms with Crippen LogP contribution in [-0.4, -0.2) is 19.1 Å². The van der Waals surface area contributed by atoms with Gasteiger partial charge >= 0.3 is 5.97 Å². The molecule has 104 valence electrons. The lowest BCUT2D eigenvalue weighted by molar-refractivity contribution is 0.0596. The number of anilines is 1. The molecule has 2 rings (SSSR count). The quantitative estimate of drug-likeness (QED) is 0.848. The van der Waals surface area contributed by atoms with Crippen LogP contribution in [0.15, 0.2) is 16.6 Å². The van der Waals surface area contributed by atoms with E-state index in [0.717, 1.165) is 12.8 Å². The highest BCUT2D eigenvalue weighted by Crippen LogP contribution is 2.29. The summed E-state index contributed by atoms with van der Waals surface area (Å²) in [6, 6.07) is 3.30. The van der Waals surface area contributed by atoms with Gasteiger partial charge in [-0.15, -0.1) is 0 Å². The predicted molar refractivity (Wildman–Crippen MR) is 75.9 cm³/mol. The summed E-state index contributed by atoms with van der Waals surface area (Å²) in [5, 5.41) is 3.28. The van der Waals surface area contributed by atoms with Gasteiger partial charge in [-0.2, -0.15) is 0 Å². The Morgan fingerprint density at radius 1 is 1.37 bits per heavy atom. The monoisotopic (exact) mass is 329 g/mol. The molecule has 3 nitrogen and oxygen atoms in total. The van der Waals surface area contributed by atoms with Crippen molar-refractivity contribution in [1.82, 2.24) is 0 Å². The van der Waals surface area contributed by atoms with Gasteiger partial charge in [-0.1, -0.05) is 35.2 Å². The number of carbonyl (C=O) groups excluding carboxylic acids is 1. The highest BCUT2D eigenvalue weighted by atomic mass is 79.9. The Hall–Kier alpha value is -1.10. The van der Waals surface area contributed by atoms with Gasteiger partial charge in [0.1, 0.15) is 11.4 Å². The summed E-state index contributed by atoms with van der Waals surface area (Å²) in [7, 11) is 1.26. The number of hydrogen-bond acceptors (Lipinski definition) is 3. The first kappa shape index (κ1) is 14.3.